The molecule has 0 bridgehead atoms. The summed E-state index contributed by atoms with van der Waals surface area (Å²) < 4.78 is 16.3. The number of hydrogen-bond donors (Lipinski definition) is 1. The van der Waals surface area contributed by atoms with E-state index in [1.807, 2.05) is 24.3 Å². The molecular weight excluding hydrogens is 367 g/mol. The summed E-state index contributed by atoms with van der Waals surface area (Å²) in [5, 5.41) is 0. The predicted molar refractivity (Wildman–Crippen MR) is 94.6 cm³/mol. The van der Waals surface area contributed by atoms with Gasteiger partial charge in [0.15, 0.2) is 0 Å². The van der Waals surface area contributed by atoms with Crippen LogP contribution in [0.15, 0.2) is 39.8 Å². The average molecular weight is 383 g/mol. The predicted octanol–water partition coefficient (Wildman–Crippen LogP) is 2.48. The Hall–Kier alpha value is -0.983. The molecular formula is C15H16BrFN2SSi. The van der Waals surface area contributed by atoms with Crippen LogP contribution < -0.4 is 10.2 Å². The zero-order valence-electron chi connectivity index (χ0n) is 11.7. The molecule has 0 saturated carbocycles. The van der Waals surface area contributed by atoms with Gasteiger partial charge in [0.1, 0.15) is 18.0 Å². The van der Waals surface area contributed by atoms with E-state index < -0.39 is 12.2 Å². The lowest BCUT2D eigenvalue weighted by molar-refractivity contribution is 0.309. The van der Waals surface area contributed by atoms with Crippen LogP contribution in [0.1, 0.15) is 16.0 Å². The van der Waals surface area contributed by atoms with Crippen molar-refractivity contribution in [2.45, 2.75) is 18.5 Å². The van der Waals surface area contributed by atoms with Crippen LogP contribution in [0, 0.1) is 0 Å². The summed E-state index contributed by atoms with van der Waals surface area (Å²) >= 11 is 5.18. The van der Waals surface area contributed by atoms with Crippen LogP contribution in [0.4, 0.5) is 4.39 Å². The van der Waals surface area contributed by atoms with E-state index in [1.165, 1.54) is 4.50 Å². The summed E-state index contributed by atoms with van der Waals surface area (Å²) in [6.45, 7) is 1.71. The molecule has 0 amide bonds. The lowest BCUT2D eigenvalue weighted by Gasteiger charge is -2.31. The maximum atomic E-state index is 13.9. The lowest BCUT2D eigenvalue weighted by atomic mass is 9.83. The van der Waals surface area contributed by atoms with Crippen LogP contribution in [-0.4, -0.2) is 22.0 Å². The molecule has 1 unspecified atom stereocenters. The van der Waals surface area contributed by atoms with Crippen molar-refractivity contribution < 1.29 is 4.39 Å². The number of nitrogens with two attached hydrogens (primary N) is 1. The van der Waals surface area contributed by atoms with E-state index in [0.29, 0.717) is 12.3 Å². The van der Waals surface area contributed by atoms with Crippen molar-refractivity contribution in [2.24, 2.45) is 10.7 Å². The third kappa shape index (κ3) is 2.60. The fourth-order valence-corrected chi connectivity index (χ4v) is 5.48. The Morgan fingerprint density at radius 1 is 1.48 bits per heavy atom. The minimum atomic E-state index is -0.880. The van der Waals surface area contributed by atoms with Crippen LogP contribution in [0.25, 0.3) is 0 Å². The molecule has 1 atom stereocenters. The van der Waals surface area contributed by atoms with E-state index in [2.05, 4.69) is 33.5 Å². The number of amidine groups is 1. The van der Waals surface area contributed by atoms with Gasteiger partial charge < -0.3 is 5.73 Å². The summed E-state index contributed by atoms with van der Waals surface area (Å²) in [6.07, 6.45) is 0.584. The fraction of sp³-hybridized carbons (Fsp3) is 0.267. The zero-order valence-corrected chi connectivity index (χ0v) is 15.5. The van der Waals surface area contributed by atoms with E-state index >= 15 is 0 Å². The molecule has 0 radical (unpaired) electrons. The van der Waals surface area contributed by atoms with Crippen LogP contribution in [0.5, 0.6) is 0 Å². The Kier molecular flexibility index (Phi) is 4.03. The number of benzene rings is 1. The standard InChI is InChI=1S/C15H16BrFN2SSi/c1-21-12-5-9-7-15(8-17,19-14(18)13(9)20-12)10-3-2-4-11(16)6-10/h2-6H,7-8,21H2,1H3,(H2,18,19). The molecule has 1 aliphatic rings. The van der Waals surface area contributed by atoms with Gasteiger partial charge in [0.05, 0.1) is 14.4 Å². The topological polar surface area (TPSA) is 38.4 Å². The second kappa shape index (κ2) is 5.66. The second-order valence-corrected chi connectivity index (χ2v) is 9.30. The number of thiophene rings is 1. The Morgan fingerprint density at radius 3 is 2.95 bits per heavy atom. The molecule has 2 heterocycles. The smallest absolute Gasteiger partial charge is 0.137 e. The van der Waals surface area contributed by atoms with Gasteiger partial charge in [-0.3, -0.25) is 4.99 Å². The Bertz CT molecular complexity index is 715. The van der Waals surface area contributed by atoms with Crippen molar-refractivity contribution in [3.63, 3.8) is 0 Å². The van der Waals surface area contributed by atoms with Crippen LogP contribution in [0.3, 0.4) is 0 Å². The van der Waals surface area contributed by atoms with Gasteiger partial charge in [0.25, 0.3) is 0 Å². The maximum absolute atomic E-state index is 13.9. The first-order valence-corrected chi connectivity index (χ1v) is 10.6. The molecule has 1 aliphatic heterocycles. The first-order chi connectivity index (χ1) is 10.1. The average Bonchev–Trinajstić information content (AvgIpc) is 2.90. The van der Waals surface area contributed by atoms with E-state index in [1.54, 1.807) is 11.3 Å². The quantitative estimate of drug-likeness (QED) is 0.813. The lowest BCUT2D eigenvalue weighted by Crippen LogP contribution is -2.36. The molecule has 1 aromatic carbocycles. The Balaban J connectivity index is 2.11. The van der Waals surface area contributed by atoms with E-state index in [-0.39, 0.29) is 9.52 Å². The Labute approximate surface area is 138 Å². The van der Waals surface area contributed by atoms with Gasteiger partial charge in [-0.15, -0.1) is 11.3 Å². The molecule has 0 fully saturated rings. The number of rotatable bonds is 3. The summed E-state index contributed by atoms with van der Waals surface area (Å²) in [7, 11) is -0.228. The van der Waals surface area contributed by atoms with E-state index in [9.17, 15) is 4.39 Å². The summed E-state index contributed by atoms with van der Waals surface area (Å²) in [5.41, 5.74) is 7.28. The first-order valence-electron chi connectivity index (χ1n) is 6.87. The SMILES string of the molecule is C[SiH2]c1cc2c(s1)C(N)=NC(CF)(c1cccc(Br)c1)C2. The van der Waals surface area contributed by atoms with Crippen molar-refractivity contribution in [3.05, 3.63) is 50.8 Å². The summed E-state index contributed by atoms with van der Waals surface area (Å²) in [5.74, 6) is 0.479. The highest BCUT2D eigenvalue weighted by atomic mass is 79.9. The minimum absolute atomic E-state index is 0.228. The molecule has 0 spiro atoms. The van der Waals surface area contributed by atoms with Gasteiger partial charge >= 0.3 is 0 Å². The van der Waals surface area contributed by atoms with Crippen molar-refractivity contribution >= 4 is 47.1 Å². The molecule has 2 nitrogen and oxygen atoms in total. The number of nitrogens with zero attached hydrogens (tertiary/aromatic N) is 1. The highest BCUT2D eigenvalue weighted by Gasteiger charge is 2.38. The van der Waals surface area contributed by atoms with Gasteiger partial charge in [0, 0.05) is 10.9 Å². The Morgan fingerprint density at radius 2 is 2.29 bits per heavy atom. The third-order valence-corrected chi connectivity index (χ3v) is 7.59. The fourth-order valence-electron chi connectivity index (χ4n) is 2.74. The van der Waals surface area contributed by atoms with Crippen molar-refractivity contribution in [1.82, 2.24) is 0 Å². The minimum Gasteiger partial charge on any atom is -0.383 e. The molecule has 110 valence electrons. The molecule has 21 heavy (non-hydrogen) atoms. The van der Waals surface area contributed by atoms with Crippen LogP contribution in [-0.2, 0) is 12.0 Å². The highest BCUT2D eigenvalue weighted by Crippen LogP contribution is 2.37. The van der Waals surface area contributed by atoms with Gasteiger partial charge in [-0.25, -0.2) is 4.39 Å². The summed E-state index contributed by atoms with van der Waals surface area (Å²) in [4.78, 5) is 5.60. The highest BCUT2D eigenvalue weighted by molar-refractivity contribution is 9.10. The van der Waals surface area contributed by atoms with Crippen molar-refractivity contribution in [1.29, 1.82) is 0 Å². The largest absolute Gasteiger partial charge is 0.383 e. The van der Waals surface area contributed by atoms with Gasteiger partial charge in [-0.05, 0) is 33.8 Å². The number of hydrogen-bond acceptors (Lipinski definition) is 3. The van der Waals surface area contributed by atoms with Crippen molar-refractivity contribution in [2.75, 3.05) is 6.67 Å². The molecule has 1 aromatic heterocycles. The van der Waals surface area contributed by atoms with Crippen LogP contribution >= 0.6 is 27.3 Å². The monoisotopic (exact) mass is 382 g/mol. The molecule has 0 aliphatic carbocycles. The normalized spacial score (nSPS) is 21.6. The van der Waals surface area contributed by atoms with Gasteiger partial charge in [-0.1, -0.05) is 34.6 Å². The van der Waals surface area contributed by atoms with E-state index in [0.717, 1.165) is 20.5 Å². The zero-order chi connectivity index (χ0) is 15.0. The number of fused-ring (bicyclic) bond motifs is 1. The first kappa shape index (κ1) is 14.9. The molecule has 2 aromatic rings. The number of aliphatic imine (C=N–C) groups is 1. The summed E-state index contributed by atoms with van der Waals surface area (Å²) in [6, 6.07) is 9.91. The third-order valence-electron chi connectivity index (χ3n) is 3.84. The molecule has 2 N–H and O–H groups in total. The second-order valence-electron chi connectivity index (χ2n) is 5.27. The number of halogens is 2. The molecule has 6 heteroatoms. The molecule has 0 saturated heterocycles. The number of alkyl halides is 1. The van der Waals surface area contributed by atoms with Gasteiger partial charge in [0.2, 0.25) is 0 Å². The molecule has 3 rings (SSSR count). The van der Waals surface area contributed by atoms with Crippen molar-refractivity contribution in [3.8, 4) is 0 Å². The maximum Gasteiger partial charge on any atom is 0.137 e. The van der Waals surface area contributed by atoms with Gasteiger partial charge in [-0.2, -0.15) is 0 Å². The van der Waals surface area contributed by atoms with E-state index in [4.69, 9.17) is 5.73 Å². The van der Waals surface area contributed by atoms with Crippen LogP contribution in [0.2, 0.25) is 6.55 Å².